The van der Waals surface area contributed by atoms with E-state index in [4.69, 9.17) is 14.2 Å². The van der Waals surface area contributed by atoms with Crippen LogP contribution < -0.4 is 19.5 Å². The minimum Gasteiger partial charge on any atom is -0.493 e. The van der Waals surface area contributed by atoms with Gasteiger partial charge in [-0.05, 0) is 30.7 Å². The smallest absolute Gasteiger partial charge is 0.262 e. The van der Waals surface area contributed by atoms with Crippen LogP contribution in [0.15, 0.2) is 18.3 Å². The van der Waals surface area contributed by atoms with Gasteiger partial charge in [0.25, 0.3) is 5.91 Å². The van der Waals surface area contributed by atoms with Gasteiger partial charge in [-0.25, -0.2) is 4.98 Å². The third-order valence-corrected chi connectivity index (χ3v) is 4.13. The van der Waals surface area contributed by atoms with Crippen molar-refractivity contribution in [3.05, 3.63) is 33.8 Å². The summed E-state index contributed by atoms with van der Waals surface area (Å²) >= 11 is 1.32. The van der Waals surface area contributed by atoms with Crippen molar-refractivity contribution in [3.63, 3.8) is 0 Å². The maximum absolute atomic E-state index is 11.6. The Hall–Kier alpha value is -2.54. The largest absolute Gasteiger partial charge is 0.493 e. The number of nitrogens with zero attached hydrogens (tertiary/aromatic N) is 1. The number of rotatable bonds is 7. The second kappa shape index (κ2) is 8.35. The summed E-state index contributed by atoms with van der Waals surface area (Å²) in [5, 5.41) is 3.31. The molecular weight excluding hydrogens is 328 g/mol. The minimum absolute atomic E-state index is 0.142. The average molecular weight is 348 g/mol. The van der Waals surface area contributed by atoms with Crippen LogP contribution >= 0.6 is 11.3 Å². The number of aromatic nitrogens is 1. The van der Waals surface area contributed by atoms with Gasteiger partial charge in [0, 0.05) is 7.05 Å². The molecule has 0 unspecified atom stereocenters. The van der Waals surface area contributed by atoms with Crippen LogP contribution in [-0.4, -0.2) is 38.8 Å². The molecule has 0 radical (unpaired) electrons. The van der Waals surface area contributed by atoms with Crippen LogP contribution in [0.4, 0.5) is 0 Å². The third kappa shape index (κ3) is 4.05. The zero-order valence-electron chi connectivity index (χ0n) is 14.1. The molecule has 0 aliphatic heterocycles. The van der Waals surface area contributed by atoms with Crippen molar-refractivity contribution >= 4 is 29.4 Å². The Kier molecular flexibility index (Phi) is 6.20. The highest BCUT2D eigenvalue weighted by Crippen LogP contribution is 2.39. The second-order valence-electron chi connectivity index (χ2n) is 4.66. The van der Waals surface area contributed by atoms with Crippen molar-refractivity contribution in [3.8, 4) is 17.2 Å². The van der Waals surface area contributed by atoms with E-state index < -0.39 is 0 Å². The van der Waals surface area contributed by atoms with E-state index in [1.807, 2.05) is 31.2 Å². The fourth-order valence-electron chi connectivity index (χ4n) is 2.04. The first kappa shape index (κ1) is 17.8. The van der Waals surface area contributed by atoms with Gasteiger partial charge in [0.2, 0.25) is 5.75 Å². The van der Waals surface area contributed by atoms with E-state index in [9.17, 15) is 4.79 Å². The summed E-state index contributed by atoms with van der Waals surface area (Å²) in [4.78, 5) is 16.3. The van der Waals surface area contributed by atoms with E-state index >= 15 is 0 Å². The first-order valence-electron chi connectivity index (χ1n) is 7.37. The topological polar surface area (TPSA) is 69.7 Å². The lowest BCUT2D eigenvalue weighted by Crippen LogP contribution is -2.16. The fraction of sp³-hybridized carbons (Fsp3) is 0.294. The van der Waals surface area contributed by atoms with Gasteiger partial charge < -0.3 is 19.5 Å². The summed E-state index contributed by atoms with van der Waals surface area (Å²) in [6, 6.07) is 3.72. The number of amides is 1. The summed E-state index contributed by atoms with van der Waals surface area (Å²) < 4.78 is 16.3. The lowest BCUT2D eigenvalue weighted by atomic mass is 10.1. The molecule has 1 heterocycles. The maximum atomic E-state index is 11.6. The van der Waals surface area contributed by atoms with Gasteiger partial charge in [-0.3, -0.25) is 4.79 Å². The zero-order valence-corrected chi connectivity index (χ0v) is 14.9. The van der Waals surface area contributed by atoms with Crippen molar-refractivity contribution in [2.45, 2.75) is 6.92 Å². The van der Waals surface area contributed by atoms with Crippen LogP contribution in [-0.2, 0) is 0 Å². The molecule has 0 aliphatic carbocycles. The van der Waals surface area contributed by atoms with Gasteiger partial charge in [0.1, 0.15) is 9.88 Å². The number of methoxy groups -OCH3 is 2. The molecule has 1 amide bonds. The number of hydrogen-bond donors (Lipinski definition) is 1. The summed E-state index contributed by atoms with van der Waals surface area (Å²) in [7, 11) is 4.76. The number of ether oxygens (including phenoxy) is 3. The summed E-state index contributed by atoms with van der Waals surface area (Å²) in [6.07, 6.45) is 5.28. The number of carbonyl (C=O) groups is 1. The molecule has 0 aliphatic rings. The van der Waals surface area contributed by atoms with Gasteiger partial charge in [-0.2, -0.15) is 0 Å². The fourth-order valence-corrected chi connectivity index (χ4v) is 2.81. The first-order valence-corrected chi connectivity index (χ1v) is 8.19. The van der Waals surface area contributed by atoms with E-state index in [0.29, 0.717) is 28.7 Å². The molecule has 1 aromatic carbocycles. The molecule has 24 heavy (non-hydrogen) atoms. The van der Waals surface area contributed by atoms with E-state index in [1.54, 1.807) is 27.5 Å². The molecular formula is C17H20N2O4S. The van der Waals surface area contributed by atoms with Crippen molar-refractivity contribution in [2.24, 2.45) is 0 Å². The molecule has 0 fully saturated rings. The zero-order chi connectivity index (χ0) is 17.5. The molecule has 2 aromatic rings. The molecule has 1 aromatic heterocycles. The van der Waals surface area contributed by atoms with Gasteiger partial charge in [-0.15, -0.1) is 11.3 Å². The Labute approximate surface area is 145 Å². The van der Waals surface area contributed by atoms with Crippen LogP contribution in [0.2, 0.25) is 0 Å². The molecule has 6 nitrogen and oxygen atoms in total. The highest BCUT2D eigenvalue weighted by Gasteiger charge is 2.13. The van der Waals surface area contributed by atoms with Gasteiger partial charge in [-0.1, -0.05) is 6.08 Å². The van der Waals surface area contributed by atoms with E-state index in [1.165, 1.54) is 11.3 Å². The summed E-state index contributed by atoms with van der Waals surface area (Å²) in [5.74, 6) is 1.63. The molecule has 0 atom stereocenters. The Bertz CT molecular complexity index is 715. The van der Waals surface area contributed by atoms with Crippen molar-refractivity contribution in [1.29, 1.82) is 0 Å². The monoisotopic (exact) mass is 348 g/mol. The normalized spacial score (nSPS) is 10.7. The Morgan fingerprint density at radius 1 is 1.25 bits per heavy atom. The Morgan fingerprint density at radius 2 is 1.92 bits per heavy atom. The summed E-state index contributed by atoms with van der Waals surface area (Å²) in [5.41, 5.74) is 0.879. The number of thiazole rings is 1. The van der Waals surface area contributed by atoms with Crippen LogP contribution in [0.3, 0.4) is 0 Å². The molecule has 2 rings (SSSR count). The lowest BCUT2D eigenvalue weighted by molar-refractivity contribution is 0.0967. The van der Waals surface area contributed by atoms with Crippen LogP contribution in [0.25, 0.3) is 12.2 Å². The highest BCUT2D eigenvalue weighted by molar-refractivity contribution is 7.14. The van der Waals surface area contributed by atoms with Gasteiger partial charge in [0.15, 0.2) is 11.5 Å². The molecule has 128 valence electrons. The van der Waals surface area contributed by atoms with Gasteiger partial charge in [0.05, 0.1) is 27.0 Å². The van der Waals surface area contributed by atoms with E-state index in [2.05, 4.69) is 10.3 Å². The molecule has 0 saturated heterocycles. The third-order valence-electron chi connectivity index (χ3n) is 3.16. The molecule has 7 heteroatoms. The van der Waals surface area contributed by atoms with E-state index in [0.717, 1.165) is 10.6 Å². The van der Waals surface area contributed by atoms with Crippen molar-refractivity contribution in [1.82, 2.24) is 10.3 Å². The minimum atomic E-state index is -0.142. The molecule has 0 spiro atoms. The predicted molar refractivity (Wildman–Crippen MR) is 95.1 cm³/mol. The summed E-state index contributed by atoms with van der Waals surface area (Å²) in [6.45, 7) is 2.42. The van der Waals surface area contributed by atoms with Crippen molar-refractivity contribution in [2.75, 3.05) is 27.9 Å². The number of carbonyl (C=O) groups excluding carboxylic acids is 1. The van der Waals surface area contributed by atoms with Crippen LogP contribution in [0.1, 0.15) is 27.2 Å². The highest BCUT2D eigenvalue weighted by atomic mass is 32.1. The quantitative estimate of drug-likeness (QED) is 0.833. The number of nitrogens with one attached hydrogen (secondary N) is 1. The second-order valence-corrected chi connectivity index (χ2v) is 5.72. The predicted octanol–water partition coefficient (Wildman–Crippen LogP) is 3.09. The van der Waals surface area contributed by atoms with Gasteiger partial charge >= 0.3 is 0 Å². The molecule has 1 N–H and O–H groups in total. The Morgan fingerprint density at radius 3 is 2.46 bits per heavy atom. The van der Waals surface area contributed by atoms with E-state index in [-0.39, 0.29) is 5.91 Å². The van der Waals surface area contributed by atoms with Crippen LogP contribution in [0, 0.1) is 0 Å². The number of benzene rings is 1. The molecule has 0 bridgehead atoms. The lowest BCUT2D eigenvalue weighted by Gasteiger charge is -2.14. The average Bonchev–Trinajstić information content (AvgIpc) is 3.09. The number of hydrogen-bond acceptors (Lipinski definition) is 6. The standard InChI is InChI=1S/C17H20N2O4S/c1-5-23-16-12(21-3)8-11(9-13(16)22-4)6-7-15-19-10-14(24-15)17(20)18-2/h6-10H,5H2,1-4H3,(H,18,20)/b7-6+. The maximum Gasteiger partial charge on any atom is 0.262 e. The Balaban J connectivity index is 2.28. The van der Waals surface area contributed by atoms with Crippen molar-refractivity contribution < 1.29 is 19.0 Å². The first-order chi connectivity index (χ1) is 11.6. The van der Waals surface area contributed by atoms with Crippen LogP contribution in [0.5, 0.6) is 17.2 Å². The SMILES string of the molecule is CCOc1c(OC)cc(/C=C/c2ncc(C(=O)NC)s2)cc1OC. The molecule has 0 saturated carbocycles.